The summed E-state index contributed by atoms with van der Waals surface area (Å²) in [6.45, 7) is 3.67. The summed E-state index contributed by atoms with van der Waals surface area (Å²) in [5.74, 6) is 0. The second-order valence-electron chi connectivity index (χ2n) is 5.04. The first-order chi connectivity index (χ1) is 9.90. The molecule has 0 fully saturated rings. The van der Waals surface area contributed by atoms with Crippen molar-refractivity contribution in [3.05, 3.63) is 65.7 Å². The zero-order chi connectivity index (χ0) is 15.5. The fourth-order valence-corrected chi connectivity index (χ4v) is 3.55. The number of aryl methyl sites for hydroxylation is 1. The molecule has 2 atom stereocenters. The molecule has 21 heavy (non-hydrogen) atoms. The van der Waals surface area contributed by atoms with Crippen LogP contribution in [0, 0.1) is 6.92 Å². The Labute approximate surface area is 131 Å². The average Bonchev–Trinajstić information content (AvgIpc) is 2.47. The van der Waals surface area contributed by atoms with E-state index in [4.69, 9.17) is 11.6 Å². The Hall–Kier alpha value is -1.36. The lowest BCUT2D eigenvalue weighted by molar-refractivity contribution is 0.555. The Morgan fingerprint density at radius 1 is 1.00 bits per heavy atom. The van der Waals surface area contributed by atoms with E-state index in [-0.39, 0.29) is 4.90 Å². The number of rotatable bonds is 5. The Bertz CT molecular complexity index is 684. The zero-order valence-corrected chi connectivity index (χ0v) is 13.5. The van der Waals surface area contributed by atoms with Gasteiger partial charge in [-0.1, -0.05) is 48.0 Å². The van der Waals surface area contributed by atoms with Crippen molar-refractivity contribution in [1.82, 2.24) is 4.72 Å². The molecule has 0 spiro atoms. The highest BCUT2D eigenvalue weighted by atomic mass is 35.5. The van der Waals surface area contributed by atoms with Gasteiger partial charge in [0.1, 0.15) is 0 Å². The van der Waals surface area contributed by atoms with E-state index in [0.29, 0.717) is 0 Å². The number of hydrogen-bond acceptors (Lipinski definition) is 2. The van der Waals surface area contributed by atoms with E-state index in [1.54, 1.807) is 31.2 Å². The number of nitrogens with one attached hydrogen (secondary N) is 1. The Kier molecular flexibility index (Phi) is 5.04. The van der Waals surface area contributed by atoms with Gasteiger partial charge < -0.3 is 0 Å². The molecule has 0 aliphatic rings. The van der Waals surface area contributed by atoms with E-state index in [1.165, 1.54) is 0 Å². The van der Waals surface area contributed by atoms with Gasteiger partial charge >= 0.3 is 0 Å². The maximum absolute atomic E-state index is 12.3. The lowest BCUT2D eigenvalue weighted by Gasteiger charge is -2.20. The number of sulfonamides is 1. The van der Waals surface area contributed by atoms with Crippen LogP contribution in [-0.2, 0) is 10.0 Å². The van der Waals surface area contributed by atoms with E-state index in [2.05, 4.69) is 4.72 Å². The first kappa shape index (κ1) is 16.0. The van der Waals surface area contributed by atoms with Crippen LogP contribution in [0.2, 0.25) is 0 Å². The van der Waals surface area contributed by atoms with E-state index in [9.17, 15) is 8.42 Å². The molecule has 0 amide bonds. The summed E-state index contributed by atoms with van der Waals surface area (Å²) in [7, 11) is -3.56. The normalized spacial score (nSPS) is 14.6. The van der Waals surface area contributed by atoms with Gasteiger partial charge in [0, 0.05) is 6.04 Å². The van der Waals surface area contributed by atoms with Gasteiger partial charge in [-0.15, -0.1) is 11.6 Å². The molecule has 0 saturated heterocycles. The Morgan fingerprint density at radius 2 is 1.57 bits per heavy atom. The van der Waals surface area contributed by atoms with Crippen molar-refractivity contribution in [2.24, 2.45) is 0 Å². The SMILES string of the molecule is Cc1ccc(S(=O)(=O)N[C@@H](C)[C@H](Cl)c2ccccc2)cc1. The molecule has 112 valence electrons. The summed E-state index contributed by atoms with van der Waals surface area (Å²) in [6, 6.07) is 15.7. The van der Waals surface area contributed by atoms with Crippen LogP contribution in [0.3, 0.4) is 0 Å². The van der Waals surface area contributed by atoms with Crippen LogP contribution in [0.15, 0.2) is 59.5 Å². The third-order valence-corrected chi connectivity index (χ3v) is 5.43. The maximum atomic E-state index is 12.3. The van der Waals surface area contributed by atoms with Gasteiger partial charge in [0.2, 0.25) is 10.0 Å². The zero-order valence-electron chi connectivity index (χ0n) is 12.0. The van der Waals surface area contributed by atoms with Gasteiger partial charge in [-0.3, -0.25) is 0 Å². The van der Waals surface area contributed by atoms with Crippen LogP contribution in [0.1, 0.15) is 23.4 Å². The number of hydrogen-bond donors (Lipinski definition) is 1. The van der Waals surface area contributed by atoms with Crippen LogP contribution in [-0.4, -0.2) is 14.5 Å². The summed E-state index contributed by atoms with van der Waals surface area (Å²) >= 11 is 6.35. The van der Waals surface area contributed by atoms with Crippen LogP contribution in [0.5, 0.6) is 0 Å². The summed E-state index contributed by atoms with van der Waals surface area (Å²) in [5.41, 5.74) is 1.90. The van der Waals surface area contributed by atoms with Crippen molar-refractivity contribution in [2.45, 2.75) is 30.2 Å². The Morgan fingerprint density at radius 3 is 2.14 bits per heavy atom. The minimum absolute atomic E-state index is 0.247. The highest BCUT2D eigenvalue weighted by Crippen LogP contribution is 2.25. The molecule has 0 aliphatic heterocycles. The second kappa shape index (κ2) is 6.60. The van der Waals surface area contributed by atoms with Gasteiger partial charge in [0.25, 0.3) is 0 Å². The van der Waals surface area contributed by atoms with Gasteiger partial charge in [-0.05, 0) is 31.5 Å². The van der Waals surface area contributed by atoms with Crippen molar-refractivity contribution < 1.29 is 8.42 Å². The lowest BCUT2D eigenvalue weighted by Crippen LogP contribution is -2.35. The Balaban J connectivity index is 2.14. The molecule has 2 rings (SSSR count). The topological polar surface area (TPSA) is 46.2 Å². The molecule has 3 nitrogen and oxygen atoms in total. The summed E-state index contributed by atoms with van der Waals surface area (Å²) < 4.78 is 27.3. The third-order valence-electron chi connectivity index (χ3n) is 3.23. The molecule has 0 radical (unpaired) electrons. The molecular formula is C16H18ClNO2S. The van der Waals surface area contributed by atoms with Crippen LogP contribution in [0.4, 0.5) is 0 Å². The van der Waals surface area contributed by atoms with Crippen molar-refractivity contribution in [3.8, 4) is 0 Å². The van der Waals surface area contributed by atoms with Crippen LogP contribution in [0.25, 0.3) is 0 Å². The number of benzene rings is 2. The quantitative estimate of drug-likeness (QED) is 0.854. The molecule has 0 aliphatic carbocycles. The predicted octanol–water partition coefficient (Wildman–Crippen LogP) is 3.64. The largest absolute Gasteiger partial charge is 0.240 e. The molecule has 1 N–H and O–H groups in total. The van der Waals surface area contributed by atoms with E-state index >= 15 is 0 Å². The van der Waals surface area contributed by atoms with Crippen molar-refractivity contribution in [1.29, 1.82) is 0 Å². The fourth-order valence-electron chi connectivity index (χ4n) is 2.02. The van der Waals surface area contributed by atoms with E-state index in [0.717, 1.165) is 11.1 Å². The van der Waals surface area contributed by atoms with Gasteiger partial charge in [-0.25, -0.2) is 13.1 Å². The van der Waals surface area contributed by atoms with E-state index in [1.807, 2.05) is 37.3 Å². The smallest absolute Gasteiger partial charge is 0.207 e. The predicted molar refractivity (Wildman–Crippen MR) is 86.0 cm³/mol. The average molecular weight is 324 g/mol. The molecule has 0 heterocycles. The monoisotopic (exact) mass is 323 g/mol. The standard InChI is InChI=1S/C16H18ClNO2S/c1-12-8-10-15(11-9-12)21(19,20)18-13(2)16(17)14-6-4-3-5-7-14/h3-11,13,16,18H,1-2H3/t13-,16-/m0/s1. The first-order valence-corrected chi connectivity index (χ1v) is 8.60. The summed E-state index contributed by atoms with van der Waals surface area (Å²) in [4.78, 5) is 0.247. The molecular weight excluding hydrogens is 306 g/mol. The lowest BCUT2D eigenvalue weighted by atomic mass is 10.1. The molecule has 5 heteroatoms. The van der Waals surface area contributed by atoms with Crippen LogP contribution < -0.4 is 4.72 Å². The molecule has 0 unspecified atom stereocenters. The highest BCUT2D eigenvalue weighted by Gasteiger charge is 2.23. The van der Waals surface area contributed by atoms with Gasteiger partial charge in [-0.2, -0.15) is 0 Å². The second-order valence-corrected chi connectivity index (χ2v) is 7.22. The highest BCUT2D eigenvalue weighted by molar-refractivity contribution is 7.89. The molecule has 0 saturated carbocycles. The third kappa shape index (κ3) is 4.06. The first-order valence-electron chi connectivity index (χ1n) is 6.68. The minimum atomic E-state index is -3.56. The van der Waals surface area contributed by atoms with Crippen LogP contribution >= 0.6 is 11.6 Å². The molecule has 2 aromatic carbocycles. The fraction of sp³-hybridized carbons (Fsp3) is 0.250. The van der Waals surface area contributed by atoms with Crippen molar-refractivity contribution >= 4 is 21.6 Å². The van der Waals surface area contributed by atoms with Crippen molar-refractivity contribution in [2.75, 3.05) is 0 Å². The summed E-state index contributed by atoms with van der Waals surface area (Å²) in [6.07, 6.45) is 0. The maximum Gasteiger partial charge on any atom is 0.240 e. The molecule has 0 aromatic heterocycles. The number of halogens is 1. The van der Waals surface area contributed by atoms with Crippen molar-refractivity contribution in [3.63, 3.8) is 0 Å². The molecule has 2 aromatic rings. The summed E-state index contributed by atoms with van der Waals surface area (Å²) in [5, 5.41) is -0.425. The van der Waals surface area contributed by atoms with E-state index < -0.39 is 21.4 Å². The molecule has 0 bridgehead atoms. The number of alkyl halides is 1. The van der Waals surface area contributed by atoms with Gasteiger partial charge in [0.05, 0.1) is 10.3 Å². The van der Waals surface area contributed by atoms with Gasteiger partial charge in [0.15, 0.2) is 0 Å². The minimum Gasteiger partial charge on any atom is -0.207 e.